The van der Waals surface area contributed by atoms with Gasteiger partial charge >= 0.3 is 0 Å². The van der Waals surface area contributed by atoms with E-state index in [2.05, 4.69) is 0 Å². The zero-order chi connectivity index (χ0) is 10.8. The fourth-order valence-electron chi connectivity index (χ4n) is 1.26. The molecule has 0 spiro atoms. The minimum absolute atomic E-state index is 0.237. The number of hydrogen-bond donors (Lipinski definition) is 1. The van der Waals surface area contributed by atoms with Gasteiger partial charge in [-0.1, -0.05) is 37.6 Å². The Hall–Kier alpha value is -0.530. The predicted octanol–water partition coefficient (Wildman–Crippen LogP) is 3.29. The molecular formula is C12H17ClO. The summed E-state index contributed by atoms with van der Waals surface area (Å²) in [5.41, 5.74) is 0.418. The molecular weight excluding hydrogens is 196 g/mol. The summed E-state index contributed by atoms with van der Waals surface area (Å²) in [6.45, 7) is 5.90. The van der Waals surface area contributed by atoms with Gasteiger partial charge in [0.1, 0.15) is 0 Å². The van der Waals surface area contributed by atoms with Crippen LogP contribution >= 0.6 is 11.6 Å². The van der Waals surface area contributed by atoms with E-state index in [1.54, 1.807) is 0 Å². The van der Waals surface area contributed by atoms with Crippen molar-refractivity contribution < 1.29 is 5.11 Å². The first-order valence-electron chi connectivity index (χ1n) is 4.88. The first-order chi connectivity index (χ1) is 6.42. The smallest absolute Gasteiger partial charge is 0.0682 e. The van der Waals surface area contributed by atoms with Crippen LogP contribution in [-0.4, -0.2) is 10.7 Å². The maximum atomic E-state index is 10.1. The summed E-state index contributed by atoms with van der Waals surface area (Å²) in [5.74, 6) is 0.237. The largest absolute Gasteiger partial charge is 0.390 e. The molecule has 14 heavy (non-hydrogen) atoms. The van der Waals surface area contributed by atoms with Crippen molar-refractivity contribution in [1.82, 2.24) is 0 Å². The lowest BCUT2D eigenvalue weighted by atomic mass is 9.86. The van der Waals surface area contributed by atoms with Gasteiger partial charge in [-0.25, -0.2) is 0 Å². The van der Waals surface area contributed by atoms with Crippen molar-refractivity contribution in [2.24, 2.45) is 5.92 Å². The third kappa shape index (κ3) is 3.00. The Bertz CT molecular complexity index is 305. The molecule has 0 aliphatic carbocycles. The molecule has 78 valence electrons. The quantitative estimate of drug-likeness (QED) is 0.816. The number of rotatable bonds is 3. The van der Waals surface area contributed by atoms with Crippen LogP contribution < -0.4 is 0 Å². The lowest BCUT2D eigenvalue weighted by Crippen LogP contribution is -2.33. The summed E-state index contributed by atoms with van der Waals surface area (Å²) in [4.78, 5) is 0. The molecule has 1 N–H and O–H groups in total. The van der Waals surface area contributed by atoms with Gasteiger partial charge in [0.05, 0.1) is 5.60 Å². The molecule has 0 aromatic heterocycles. The fraction of sp³-hybridized carbons (Fsp3) is 0.500. The Balaban J connectivity index is 2.78. The molecule has 1 rings (SSSR count). The number of hydrogen-bond acceptors (Lipinski definition) is 1. The van der Waals surface area contributed by atoms with Crippen molar-refractivity contribution in [3.05, 3.63) is 34.9 Å². The molecule has 0 heterocycles. The van der Waals surface area contributed by atoms with Crippen LogP contribution in [0, 0.1) is 5.92 Å². The molecule has 0 bridgehead atoms. The van der Waals surface area contributed by atoms with Crippen LogP contribution in [0.2, 0.25) is 5.02 Å². The zero-order valence-electron chi connectivity index (χ0n) is 8.92. The molecule has 1 atom stereocenters. The molecule has 1 unspecified atom stereocenters. The van der Waals surface area contributed by atoms with Crippen LogP contribution in [-0.2, 0) is 6.42 Å². The highest BCUT2D eigenvalue weighted by Crippen LogP contribution is 2.22. The Morgan fingerprint density at radius 3 is 2.57 bits per heavy atom. The van der Waals surface area contributed by atoms with Gasteiger partial charge in [-0.05, 0) is 30.5 Å². The van der Waals surface area contributed by atoms with E-state index in [-0.39, 0.29) is 5.92 Å². The zero-order valence-corrected chi connectivity index (χ0v) is 9.67. The van der Waals surface area contributed by atoms with E-state index in [4.69, 9.17) is 11.6 Å². The van der Waals surface area contributed by atoms with Gasteiger partial charge in [0, 0.05) is 11.4 Å². The first-order valence-corrected chi connectivity index (χ1v) is 5.26. The van der Waals surface area contributed by atoms with Crippen molar-refractivity contribution in [3.8, 4) is 0 Å². The average molecular weight is 213 g/mol. The van der Waals surface area contributed by atoms with Gasteiger partial charge in [0.25, 0.3) is 0 Å². The van der Waals surface area contributed by atoms with Crippen LogP contribution in [0.1, 0.15) is 26.3 Å². The molecule has 0 aliphatic heterocycles. The van der Waals surface area contributed by atoms with Crippen LogP contribution in [0.4, 0.5) is 0 Å². The van der Waals surface area contributed by atoms with E-state index < -0.39 is 5.60 Å². The standard InChI is InChI=1S/C12H17ClO/c1-9(2)12(3,14)8-10-5-4-6-11(13)7-10/h4-7,9,14H,8H2,1-3H3. The highest BCUT2D eigenvalue weighted by atomic mass is 35.5. The normalized spacial score (nSPS) is 15.6. The fourth-order valence-corrected chi connectivity index (χ4v) is 1.48. The highest BCUT2D eigenvalue weighted by molar-refractivity contribution is 6.30. The lowest BCUT2D eigenvalue weighted by Gasteiger charge is -2.27. The van der Waals surface area contributed by atoms with Crippen LogP contribution in [0.3, 0.4) is 0 Å². The molecule has 2 heteroatoms. The van der Waals surface area contributed by atoms with E-state index in [1.807, 2.05) is 45.0 Å². The summed E-state index contributed by atoms with van der Waals surface area (Å²) >= 11 is 5.87. The van der Waals surface area contributed by atoms with E-state index in [1.165, 1.54) is 0 Å². The van der Waals surface area contributed by atoms with Crippen molar-refractivity contribution in [1.29, 1.82) is 0 Å². The summed E-state index contributed by atoms with van der Waals surface area (Å²) < 4.78 is 0. The van der Waals surface area contributed by atoms with Crippen molar-refractivity contribution in [2.45, 2.75) is 32.8 Å². The first kappa shape index (κ1) is 11.5. The second-order valence-electron chi connectivity index (χ2n) is 4.32. The average Bonchev–Trinajstić information content (AvgIpc) is 2.02. The van der Waals surface area contributed by atoms with E-state index in [9.17, 15) is 5.11 Å². The van der Waals surface area contributed by atoms with Gasteiger partial charge in [-0.15, -0.1) is 0 Å². The second kappa shape index (κ2) is 4.33. The maximum Gasteiger partial charge on any atom is 0.0682 e. The van der Waals surface area contributed by atoms with Gasteiger partial charge in [-0.2, -0.15) is 0 Å². The van der Waals surface area contributed by atoms with E-state index in [0.29, 0.717) is 6.42 Å². The topological polar surface area (TPSA) is 20.2 Å². The summed E-state index contributed by atoms with van der Waals surface area (Å²) in [6, 6.07) is 7.64. The summed E-state index contributed by atoms with van der Waals surface area (Å²) in [5, 5.41) is 10.8. The molecule has 0 radical (unpaired) electrons. The second-order valence-corrected chi connectivity index (χ2v) is 4.76. The molecule has 1 aromatic rings. The van der Waals surface area contributed by atoms with Crippen LogP contribution in [0.15, 0.2) is 24.3 Å². The van der Waals surface area contributed by atoms with Gasteiger partial charge < -0.3 is 5.11 Å². The monoisotopic (exact) mass is 212 g/mol. The number of benzene rings is 1. The van der Waals surface area contributed by atoms with Gasteiger partial charge in [0.2, 0.25) is 0 Å². The van der Waals surface area contributed by atoms with Crippen molar-refractivity contribution in [3.63, 3.8) is 0 Å². The predicted molar refractivity (Wildman–Crippen MR) is 60.6 cm³/mol. The minimum Gasteiger partial charge on any atom is -0.390 e. The Morgan fingerprint density at radius 1 is 1.43 bits per heavy atom. The molecule has 1 nitrogen and oxygen atoms in total. The maximum absolute atomic E-state index is 10.1. The highest BCUT2D eigenvalue weighted by Gasteiger charge is 2.24. The minimum atomic E-state index is -0.662. The van der Waals surface area contributed by atoms with Gasteiger partial charge in [0.15, 0.2) is 0 Å². The number of aliphatic hydroxyl groups is 1. The Labute approximate surface area is 90.7 Å². The molecule has 0 fully saturated rings. The lowest BCUT2D eigenvalue weighted by molar-refractivity contribution is 0.0140. The van der Waals surface area contributed by atoms with E-state index in [0.717, 1.165) is 10.6 Å². The van der Waals surface area contributed by atoms with E-state index >= 15 is 0 Å². The van der Waals surface area contributed by atoms with Crippen molar-refractivity contribution >= 4 is 11.6 Å². The Kier molecular flexibility index (Phi) is 3.57. The molecule has 1 aromatic carbocycles. The summed E-state index contributed by atoms with van der Waals surface area (Å²) in [7, 11) is 0. The Morgan fingerprint density at radius 2 is 2.07 bits per heavy atom. The molecule has 0 saturated heterocycles. The third-order valence-corrected chi connectivity index (χ3v) is 2.93. The van der Waals surface area contributed by atoms with Crippen LogP contribution in [0.5, 0.6) is 0 Å². The molecule has 0 saturated carbocycles. The number of halogens is 1. The molecule has 0 amide bonds. The SMILES string of the molecule is CC(C)C(C)(O)Cc1cccc(Cl)c1. The molecule has 0 aliphatic rings. The van der Waals surface area contributed by atoms with Gasteiger partial charge in [-0.3, -0.25) is 0 Å². The third-order valence-electron chi connectivity index (χ3n) is 2.69. The van der Waals surface area contributed by atoms with Crippen molar-refractivity contribution in [2.75, 3.05) is 0 Å². The van der Waals surface area contributed by atoms with Crippen LogP contribution in [0.25, 0.3) is 0 Å². The summed E-state index contributed by atoms with van der Waals surface area (Å²) in [6.07, 6.45) is 0.644.